The van der Waals surface area contributed by atoms with Gasteiger partial charge in [-0.1, -0.05) is 30.7 Å². The Morgan fingerprint density at radius 3 is 2.45 bits per heavy atom. The van der Waals surface area contributed by atoms with Gasteiger partial charge in [0.15, 0.2) is 0 Å². The standard InChI is InChI=1S/C22H20ClF3N4O/c1-2-9-27-20-11-14(8-10-28-20)18-7-6-17(13-19(18)22(24,25)26)30-21(31)29-16-5-3-4-15(23)12-16/h3-8,10-13H,2,9H2,1H3,(H,27,28)(H2,29,30,31). The normalized spacial score (nSPS) is 11.1. The molecule has 2 aromatic carbocycles. The number of rotatable bonds is 6. The summed E-state index contributed by atoms with van der Waals surface area (Å²) >= 11 is 5.87. The monoisotopic (exact) mass is 448 g/mol. The first-order valence-corrected chi connectivity index (χ1v) is 9.89. The van der Waals surface area contributed by atoms with Gasteiger partial charge in [0, 0.05) is 29.1 Å². The minimum Gasteiger partial charge on any atom is -0.370 e. The van der Waals surface area contributed by atoms with Gasteiger partial charge in [0.1, 0.15) is 5.82 Å². The Morgan fingerprint density at radius 2 is 1.77 bits per heavy atom. The number of alkyl halides is 3. The molecule has 0 spiro atoms. The highest BCUT2D eigenvalue weighted by Gasteiger charge is 2.34. The van der Waals surface area contributed by atoms with Gasteiger partial charge in [-0.25, -0.2) is 9.78 Å². The van der Waals surface area contributed by atoms with Crippen LogP contribution in [0.15, 0.2) is 60.8 Å². The van der Waals surface area contributed by atoms with Crippen LogP contribution in [0.5, 0.6) is 0 Å². The largest absolute Gasteiger partial charge is 0.417 e. The van der Waals surface area contributed by atoms with Gasteiger partial charge in [-0.3, -0.25) is 0 Å². The summed E-state index contributed by atoms with van der Waals surface area (Å²) in [6.45, 7) is 2.64. The Balaban J connectivity index is 1.86. The van der Waals surface area contributed by atoms with E-state index in [9.17, 15) is 18.0 Å². The van der Waals surface area contributed by atoms with Crippen LogP contribution in [0.3, 0.4) is 0 Å². The van der Waals surface area contributed by atoms with Gasteiger partial charge in [0.05, 0.1) is 5.56 Å². The van der Waals surface area contributed by atoms with Crippen LogP contribution in [0.25, 0.3) is 11.1 Å². The quantitative estimate of drug-likeness (QED) is 0.384. The zero-order chi connectivity index (χ0) is 22.4. The van der Waals surface area contributed by atoms with Gasteiger partial charge in [-0.05, 0) is 60.0 Å². The molecule has 3 N–H and O–H groups in total. The summed E-state index contributed by atoms with van der Waals surface area (Å²) in [6.07, 6.45) is -2.30. The molecule has 9 heteroatoms. The minimum atomic E-state index is -4.61. The van der Waals surface area contributed by atoms with Crippen LogP contribution in [-0.2, 0) is 6.18 Å². The molecule has 1 aromatic heterocycles. The lowest BCUT2D eigenvalue weighted by molar-refractivity contribution is -0.137. The van der Waals surface area contributed by atoms with E-state index in [-0.39, 0.29) is 11.3 Å². The van der Waals surface area contributed by atoms with E-state index < -0.39 is 17.8 Å². The highest BCUT2D eigenvalue weighted by atomic mass is 35.5. The van der Waals surface area contributed by atoms with Crippen molar-refractivity contribution in [2.24, 2.45) is 0 Å². The summed E-state index contributed by atoms with van der Waals surface area (Å²) in [5.74, 6) is 0.496. The molecule has 0 unspecified atom stereocenters. The van der Waals surface area contributed by atoms with Crippen molar-refractivity contribution >= 4 is 34.8 Å². The van der Waals surface area contributed by atoms with E-state index in [1.54, 1.807) is 24.3 Å². The first-order valence-electron chi connectivity index (χ1n) is 9.51. The van der Waals surface area contributed by atoms with E-state index in [2.05, 4.69) is 20.9 Å². The fourth-order valence-electron chi connectivity index (χ4n) is 2.92. The highest BCUT2D eigenvalue weighted by molar-refractivity contribution is 6.30. The van der Waals surface area contributed by atoms with Crippen LogP contribution in [-0.4, -0.2) is 17.6 Å². The third kappa shape index (κ3) is 6.11. The van der Waals surface area contributed by atoms with Crippen molar-refractivity contribution in [3.8, 4) is 11.1 Å². The number of carbonyl (C=O) groups excluding carboxylic acids is 1. The maximum Gasteiger partial charge on any atom is 0.417 e. The molecule has 2 amide bonds. The molecule has 1 heterocycles. The number of nitrogens with one attached hydrogen (secondary N) is 3. The molecular weight excluding hydrogens is 429 g/mol. The zero-order valence-corrected chi connectivity index (χ0v) is 17.3. The number of halogens is 4. The van der Waals surface area contributed by atoms with Crippen LogP contribution in [0.2, 0.25) is 5.02 Å². The molecule has 31 heavy (non-hydrogen) atoms. The van der Waals surface area contributed by atoms with Crippen molar-refractivity contribution in [3.05, 3.63) is 71.4 Å². The van der Waals surface area contributed by atoms with E-state index in [0.29, 0.717) is 28.6 Å². The van der Waals surface area contributed by atoms with Gasteiger partial charge in [-0.15, -0.1) is 0 Å². The fraction of sp³-hybridized carbons (Fsp3) is 0.182. The van der Waals surface area contributed by atoms with Crippen LogP contribution in [0, 0.1) is 0 Å². The van der Waals surface area contributed by atoms with Crippen LogP contribution < -0.4 is 16.0 Å². The smallest absolute Gasteiger partial charge is 0.370 e. The Kier molecular flexibility index (Phi) is 7.02. The lowest BCUT2D eigenvalue weighted by Crippen LogP contribution is -2.20. The number of pyridine rings is 1. The molecular formula is C22H20ClF3N4O. The maximum absolute atomic E-state index is 13.8. The van der Waals surface area contributed by atoms with Crippen LogP contribution in [0.1, 0.15) is 18.9 Å². The SMILES string of the molecule is CCCNc1cc(-c2ccc(NC(=O)Nc3cccc(Cl)c3)cc2C(F)(F)F)ccn1. The molecule has 0 atom stereocenters. The number of urea groups is 1. The minimum absolute atomic E-state index is 0.00440. The predicted octanol–water partition coefficient (Wildman–Crippen LogP) is 6.89. The van der Waals surface area contributed by atoms with Gasteiger partial charge in [0.25, 0.3) is 0 Å². The summed E-state index contributed by atoms with van der Waals surface area (Å²) in [5, 5.41) is 8.44. The molecule has 0 aliphatic carbocycles. The molecule has 0 bridgehead atoms. The van der Waals surface area contributed by atoms with Crippen molar-refractivity contribution in [2.75, 3.05) is 22.5 Å². The van der Waals surface area contributed by atoms with Crippen molar-refractivity contribution < 1.29 is 18.0 Å². The van der Waals surface area contributed by atoms with Crippen LogP contribution >= 0.6 is 11.6 Å². The highest BCUT2D eigenvalue weighted by Crippen LogP contribution is 2.39. The summed E-state index contributed by atoms with van der Waals surface area (Å²) in [7, 11) is 0. The van der Waals surface area contributed by atoms with E-state index in [0.717, 1.165) is 12.5 Å². The van der Waals surface area contributed by atoms with E-state index in [1.807, 2.05) is 6.92 Å². The fourth-order valence-corrected chi connectivity index (χ4v) is 3.11. The number of aromatic nitrogens is 1. The lowest BCUT2D eigenvalue weighted by atomic mass is 9.99. The van der Waals surface area contributed by atoms with Gasteiger partial charge in [-0.2, -0.15) is 13.2 Å². The predicted molar refractivity (Wildman–Crippen MR) is 118 cm³/mol. The van der Waals surface area contributed by atoms with E-state index in [4.69, 9.17) is 11.6 Å². The molecule has 0 fully saturated rings. The first-order chi connectivity index (χ1) is 14.8. The molecule has 162 valence electrons. The third-order valence-corrected chi connectivity index (χ3v) is 4.53. The van der Waals surface area contributed by atoms with Crippen molar-refractivity contribution in [3.63, 3.8) is 0 Å². The lowest BCUT2D eigenvalue weighted by Gasteiger charge is -2.16. The Morgan fingerprint density at radius 1 is 1.03 bits per heavy atom. The number of anilines is 3. The van der Waals surface area contributed by atoms with E-state index >= 15 is 0 Å². The van der Waals surface area contributed by atoms with Crippen molar-refractivity contribution in [1.29, 1.82) is 0 Å². The Bertz CT molecular complexity index is 1070. The summed E-state index contributed by atoms with van der Waals surface area (Å²) in [4.78, 5) is 16.3. The molecule has 0 saturated carbocycles. The summed E-state index contributed by atoms with van der Waals surface area (Å²) in [6, 6.07) is 12.5. The van der Waals surface area contributed by atoms with Gasteiger partial charge in [0.2, 0.25) is 0 Å². The topological polar surface area (TPSA) is 66.0 Å². The number of carbonyl (C=O) groups is 1. The zero-order valence-electron chi connectivity index (χ0n) is 16.6. The first kappa shape index (κ1) is 22.4. The number of hydrogen-bond donors (Lipinski definition) is 3. The second-order valence-corrected chi connectivity index (χ2v) is 7.14. The average Bonchev–Trinajstić information content (AvgIpc) is 2.72. The molecule has 0 saturated heterocycles. The van der Waals surface area contributed by atoms with E-state index in [1.165, 1.54) is 30.5 Å². The third-order valence-electron chi connectivity index (χ3n) is 4.29. The molecule has 3 aromatic rings. The molecule has 0 aliphatic heterocycles. The number of benzene rings is 2. The van der Waals surface area contributed by atoms with Crippen molar-refractivity contribution in [1.82, 2.24) is 4.98 Å². The maximum atomic E-state index is 13.8. The van der Waals surface area contributed by atoms with Crippen LogP contribution in [0.4, 0.5) is 35.2 Å². The number of amides is 2. The molecule has 3 rings (SSSR count). The number of nitrogens with zero attached hydrogens (tertiary/aromatic N) is 1. The summed E-state index contributed by atoms with van der Waals surface area (Å²) in [5.41, 5.74) is -0.0673. The summed E-state index contributed by atoms with van der Waals surface area (Å²) < 4.78 is 41.3. The van der Waals surface area contributed by atoms with Gasteiger partial charge < -0.3 is 16.0 Å². The van der Waals surface area contributed by atoms with Crippen molar-refractivity contribution in [2.45, 2.75) is 19.5 Å². The second-order valence-electron chi connectivity index (χ2n) is 6.70. The molecule has 0 aliphatic rings. The Hall–Kier alpha value is -3.26. The average molecular weight is 449 g/mol. The molecule has 0 radical (unpaired) electrons. The Labute approximate surface area is 182 Å². The second kappa shape index (κ2) is 9.70. The molecule has 5 nitrogen and oxygen atoms in total. The van der Waals surface area contributed by atoms with Gasteiger partial charge >= 0.3 is 12.2 Å². The number of hydrogen-bond acceptors (Lipinski definition) is 3.